The Morgan fingerprint density at radius 1 is 1.00 bits per heavy atom. The van der Waals surface area contributed by atoms with Crippen LogP contribution in [0.25, 0.3) is 0 Å². The van der Waals surface area contributed by atoms with Gasteiger partial charge in [0, 0.05) is 12.0 Å². The lowest BCUT2D eigenvalue weighted by molar-refractivity contribution is -0.352. The third-order valence-electron chi connectivity index (χ3n) is 4.12. The summed E-state index contributed by atoms with van der Waals surface area (Å²) in [4.78, 5) is 24.2. The van der Waals surface area contributed by atoms with Gasteiger partial charge < -0.3 is 14.2 Å². The number of benzene rings is 1. The highest BCUT2D eigenvalue weighted by molar-refractivity contribution is 7.87. The summed E-state index contributed by atoms with van der Waals surface area (Å²) in [5, 5.41) is -5.87. The van der Waals surface area contributed by atoms with Gasteiger partial charge in [-0.3, -0.25) is 4.55 Å². The fourth-order valence-electron chi connectivity index (χ4n) is 2.27. The molecule has 0 bridgehead atoms. The fourth-order valence-corrected chi connectivity index (χ4v) is 2.74. The number of carbonyl (C=O) groups is 2. The van der Waals surface area contributed by atoms with E-state index < -0.39 is 82.4 Å². The van der Waals surface area contributed by atoms with E-state index in [9.17, 15) is 48.7 Å². The second-order valence-electron chi connectivity index (χ2n) is 6.99. The minimum absolute atomic E-state index is 0.409. The summed E-state index contributed by atoms with van der Waals surface area (Å²) in [6.07, 6.45) is -9.61. The summed E-state index contributed by atoms with van der Waals surface area (Å²) in [5.74, 6) is -14.1. The highest BCUT2D eigenvalue weighted by Crippen LogP contribution is 2.42. The Bertz CT molecular complexity index is 1030. The molecule has 0 aliphatic rings. The van der Waals surface area contributed by atoms with Gasteiger partial charge in [-0.05, 0) is 31.9 Å². The van der Waals surface area contributed by atoms with Crippen LogP contribution in [0.15, 0.2) is 42.5 Å². The molecular formula is C19H19F7O8S. The molecule has 0 aliphatic heterocycles. The van der Waals surface area contributed by atoms with Crippen LogP contribution < -0.4 is 4.74 Å². The van der Waals surface area contributed by atoms with E-state index in [-0.39, 0.29) is 0 Å². The molecule has 1 aromatic carbocycles. The number of unbranched alkanes of at least 4 members (excludes halogenated alkanes) is 1. The predicted octanol–water partition coefficient (Wildman–Crippen LogP) is 4.27. The summed E-state index contributed by atoms with van der Waals surface area (Å²) in [6.45, 7) is 2.76. The number of hydrogen-bond donors (Lipinski definition) is 1. The van der Waals surface area contributed by atoms with Crippen molar-refractivity contribution in [2.45, 2.75) is 49.3 Å². The smallest absolute Gasteiger partial charge is 0.421 e. The largest absolute Gasteiger partial charge is 0.468 e. The first-order valence-electron chi connectivity index (χ1n) is 9.38. The van der Waals surface area contributed by atoms with Crippen LogP contribution in [-0.2, 0) is 29.2 Å². The van der Waals surface area contributed by atoms with Gasteiger partial charge in [-0.15, -0.1) is 0 Å². The summed E-state index contributed by atoms with van der Waals surface area (Å²) in [6, 6.07) is 6.18. The van der Waals surface area contributed by atoms with Crippen molar-refractivity contribution in [3.63, 3.8) is 0 Å². The zero-order valence-electron chi connectivity index (χ0n) is 17.8. The number of rotatable bonds is 12. The first-order chi connectivity index (χ1) is 15.8. The molecule has 0 radical (unpaired) electrons. The van der Waals surface area contributed by atoms with Crippen LogP contribution in [-0.4, -0.2) is 54.7 Å². The highest BCUT2D eigenvalue weighted by atomic mass is 32.2. The number of hydrogen-bond acceptors (Lipinski definition) is 7. The third-order valence-corrected chi connectivity index (χ3v) is 5.07. The SMILES string of the molecule is C=C(C)C(=O)OC(OCCCCC(F)(F)C(F)(F)S(=O)(=O)O)(C(=O)Oc1ccccc1)C(F)(F)F. The molecule has 0 fully saturated rings. The van der Waals surface area contributed by atoms with E-state index in [1.807, 2.05) is 0 Å². The molecule has 1 unspecified atom stereocenters. The molecule has 0 aromatic heterocycles. The van der Waals surface area contributed by atoms with Crippen LogP contribution in [0.1, 0.15) is 26.2 Å². The van der Waals surface area contributed by atoms with E-state index >= 15 is 0 Å². The minimum Gasteiger partial charge on any atom is -0.421 e. The van der Waals surface area contributed by atoms with E-state index in [1.165, 1.54) is 18.2 Å². The van der Waals surface area contributed by atoms with Gasteiger partial charge in [0.15, 0.2) is 0 Å². The maximum Gasteiger partial charge on any atom is 0.468 e. The predicted molar refractivity (Wildman–Crippen MR) is 103 cm³/mol. The Hall–Kier alpha value is -2.72. The van der Waals surface area contributed by atoms with Crippen molar-refractivity contribution in [2.24, 2.45) is 0 Å². The average Bonchev–Trinajstić information content (AvgIpc) is 2.71. The lowest BCUT2D eigenvalue weighted by Gasteiger charge is -2.32. The van der Waals surface area contributed by atoms with Crippen molar-refractivity contribution in [1.29, 1.82) is 0 Å². The highest BCUT2D eigenvalue weighted by Gasteiger charge is 2.68. The first kappa shape index (κ1) is 30.3. The second-order valence-corrected chi connectivity index (χ2v) is 8.45. The zero-order valence-corrected chi connectivity index (χ0v) is 18.6. The van der Waals surface area contributed by atoms with Crippen LogP contribution in [0.2, 0.25) is 0 Å². The van der Waals surface area contributed by atoms with Crippen LogP contribution >= 0.6 is 0 Å². The number of ether oxygens (including phenoxy) is 3. The van der Waals surface area contributed by atoms with Crippen molar-refractivity contribution in [2.75, 3.05) is 6.61 Å². The lowest BCUT2D eigenvalue weighted by Crippen LogP contribution is -2.59. The lowest BCUT2D eigenvalue weighted by atomic mass is 10.1. The quantitative estimate of drug-likeness (QED) is 0.0795. The van der Waals surface area contributed by atoms with Gasteiger partial charge in [0.1, 0.15) is 5.75 Å². The zero-order chi connectivity index (χ0) is 27.3. The van der Waals surface area contributed by atoms with Gasteiger partial charge in [0.25, 0.3) is 0 Å². The molecule has 198 valence electrons. The monoisotopic (exact) mass is 540 g/mol. The van der Waals surface area contributed by atoms with Gasteiger partial charge in [-0.25, -0.2) is 9.59 Å². The van der Waals surface area contributed by atoms with Crippen molar-refractivity contribution < 1.29 is 67.5 Å². The van der Waals surface area contributed by atoms with Crippen LogP contribution in [0, 0.1) is 0 Å². The Balaban J connectivity index is 3.09. The molecule has 16 heteroatoms. The topological polar surface area (TPSA) is 116 Å². The molecule has 0 saturated carbocycles. The number of esters is 2. The van der Waals surface area contributed by atoms with Gasteiger partial charge in [0.2, 0.25) is 0 Å². The normalized spacial score (nSPS) is 14.7. The average molecular weight is 540 g/mol. The van der Waals surface area contributed by atoms with Gasteiger partial charge in [0.05, 0.1) is 6.61 Å². The molecule has 0 aliphatic carbocycles. The molecule has 0 spiro atoms. The molecular weight excluding hydrogens is 521 g/mol. The minimum atomic E-state index is -6.50. The fraction of sp³-hybridized carbons (Fsp3) is 0.474. The van der Waals surface area contributed by atoms with Crippen LogP contribution in [0.5, 0.6) is 5.75 Å². The van der Waals surface area contributed by atoms with E-state index in [1.54, 1.807) is 0 Å². The van der Waals surface area contributed by atoms with Gasteiger partial charge >= 0.3 is 45.2 Å². The molecule has 35 heavy (non-hydrogen) atoms. The molecule has 8 nitrogen and oxygen atoms in total. The summed E-state index contributed by atoms with van der Waals surface area (Å²) < 4.78 is 138. The summed E-state index contributed by atoms with van der Waals surface area (Å²) in [7, 11) is -6.50. The number of para-hydroxylation sites is 1. The van der Waals surface area contributed by atoms with Crippen molar-refractivity contribution >= 4 is 22.1 Å². The molecule has 0 saturated heterocycles. The van der Waals surface area contributed by atoms with Crippen LogP contribution in [0.4, 0.5) is 30.7 Å². The molecule has 1 rings (SSSR count). The van der Waals surface area contributed by atoms with Gasteiger partial charge in [-0.2, -0.15) is 39.2 Å². The molecule has 1 aromatic rings. The Morgan fingerprint density at radius 2 is 1.54 bits per heavy atom. The van der Waals surface area contributed by atoms with E-state index in [2.05, 4.69) is 20.8 Å². The maximum atomic E-state index is 13.9. The molecule has 1 atom stereocenters. The number of alkyl halides is 7. The molecule has 0 amide bonds. The van der Waals surface area contributed by atoms with Crippen molar-refractivity contribution in [1.82, 2.24) is 0 Å². The standard InChI is InChI=1S/C19H19F7O8S/c1-12(2)14(27)34-17(18(22,23)24,15(28)33-13-8-4-3-5-9-13)32-11-7-6-10-16(20,21)19(25,26)35(29,30)31/h3-5,8-9H,1,6-7,10-11H2,2H3,(H,29,30,31). The second kappa shape index (κ2) is 10.9. The molecule has 1 N–H and O–H groups in total. The maximum absolute atomic E-state index is 13.9. The number of carbonyl (C=O) groups excluding carboxylic acids is 2. The Kier molecular flexibility index (Phi) is 9.45. The van der Waals surface area contributed by atoms with Crippen LogP contribution in [0.3, 0.4) is 0 Å². The van der Waals surface area contributed by atoms with Gasteiger partial charge in [-0.1, -0.05) is 24.8 Å². The van der Waals surface area contributed by atoms with E-state index in [0.717, 1.165) is 19.1 Å². The Labute approximate surface area is 194 Å². The van der Waals surface area contributed by atoms with Crippen molar-refractivity contribution in [3.8, 4) is 5.75 Å². The number of halogens is 7. The Morgan fingerprint density at radius 3 is 2.00 bits per heavy atom. The summed E-state index contributed by atoms with van der Waals surface area (Å²) >= 11 is 0. The third kappa shape index (κ3) is 7.14. The van der Waals surface area contributed by atoms with E-state index in [4.69, 9.17) is 4.55 Å². The summed E-state index contributed by atoms with van der Waals surface area (Å²) in [5.41, 5.74) is -0.582. The van der Waals surface area contributed by atoms with E-state index in [0.29, 0.717) is 0 Å². The molecule has 0 heterocycles. The van der Waals surface area contributed by atoms with Crippen molar-refractivity contribution in [3.05, 3.63) is 42.5 Å². The first-order valence-corrected chi connectivity index (χ1v) is 10.8.